The summed E-state index contributed by atoms with van der Waals surface area (Å²) >= 11 is 3.78. The fraction of sp³-hybridized carbons (Fsp3) is 0.222. The van der Waals surface area contributed by atoms with Gasteiger partial charge in [-0.2, -0.15) is 4.21 Å². The molecular formula is C18H20ClN3O6S. The Bertz CT molecular complexity index is 924. The number of amides is 3. The number of rotatable bonds is 9. The first kappa shape index (κ1) is 22.3. The first-order valence-electron chi connectivity index (χ1n) is 8.29. The summed E-state index contributed by atoms with van der Waals surface area (Å²) in [7, 11) is 2.89. The Kier molecular flexibility index (Phi) is 8.10. The number of methoxy groups -OCH3 is 2. The molecule has 29 heavy (non-hydrogen) atoms. The maximum atomic E-state index is 12.4. The third-order valence-electron chi connectivity index (χ3n) is 3.68. The van der Waals surface area contributed by atoms with Gasteiger partial charge in [-0.25, -0.2) is 9.52 Å². The number of benzene rings is 2. The molecule has 1 atom stereocenters. The van der Waals surface area contributed by atoms with Crippen molar-refractivity contribution in [3.05, 3.63) is 52.5 Å². The minimum Gasteiger partial charge on any atom is -0.496 e. The first-order chi connectivity index (χ1) is 13.8. The van der Waals surface area contributed by atoms with E-state index >= 15 is 0 Å². The third kappa shape index (κ3) is 6.54. The zero-order valence-corrected chi connectivity index (χ0v) is 17.3. The van der Waals surface area contributed by atoms with Crippen LogP contribution in [0.25, 0.3) is 0 Å². The third-order valence-corrected chi connectivity index (χ3v) is 4.62. The molecule has 2 rings (SSSR count). The van der Waals surface area contributed by atoms with Crippen LogP contribution in [0, 0.1) is 0 Å². The quantitative estimate of drug-likeness (QED) is 0.545. The van der Waals surface area contributed by atoms with Crippen molar-refractivity contribution in [2.75, 3.05) is 20.8 Å². The normalized spacial score (nSPS) is 11.3. The topological polar surface area (TPSA) is 129 Å². The first-order valence-corrected chi connectivity index (χ1v) is 9.74. The molecule has 2 aromatic carbocycles. The van der Waals surface area contributed by atoms with E-state index in [4.69, 9.17) is 31.0 Å². The second-order valence-electron chi connectivity index (χ2n) is 5.62. The van der Waals surface area contributed by atoms with E-state index < -0.39 is 17.3 Å². The number of halogens is 1. The molecule has 0 aromatic heterocycles. The highest BCUT2D eigenvalue weighted by Crippen LogP contribution is 2.29. The maximum Gasteiger partial charge on any atom is 0.326 e. The molecule has 2 aromatic rings. The second-order valence-corrected chi connectivity index (χ2v) is 6.90. The number of carbonyl (C=O) groups is 2. The fourth-order valence-electron chi connectivity index (χ4n) is 2.40. The van der Waals surface area contributed by atoms with Gasteiger partial charge in [0.1, 0.15) is 5.75 Å². The molecule has 0 aliphatic heterocycles. The molecule has 11 heteroatoms. The van der Waals surface area contributed by atoms with Gasteiger partial charge in [0.2, 0.25) is 0 Å². The molecule has 0 saturated heterocycles. The molecule has 0 spiro atoms. The predicted molar refractivity (Wildman–Crippen MR) is 109 cm³/mol. The summed E-state index contributed by atoms with van der Waals surface area (Å²) in [4.78, 5) is 23.2. The Morgan fingerprint density at radius 1 is 1.07 bits per heavy atom. The molecule has 0 radical (unpaired) electrons. The molecule has 0 saturated carbocycles. The molecule has 0 aliphatic rings. The number of primary amides is 1. The summed E-state index contributed by atoms with van der Waals surface area (Å²) in [6, 6.07) is 8.76. The van der Waals surface area contributed by atoms with Crippen molar-refractivity contribution >= 4 is 34.8 Å². The molecule has 0 aliphatic carbocycles. The van der Waals surface area contributed by atoms with Crippen LogP contribution in [0.3, 0.4) is 0 Å². The zero-order valence-electron chi connectivity index (χ0n) is 15.7. The standard InChI is InChI=1S/C18H20ClN3O6S/c1-26-14-6-4-12(19)10-13(14)17(23)21-8-7-11-3-5-15(27-2)16(9-11)28-29(25)22-18(20)24/h3-6,9-10H,7-8H2,1-2H3,(H,21,23)(H3,20,22,24). The van der Waals surface area contributed by atoms with Crippen LogP contribution in [-0.4, -0.2) is 36.9 Å². The number of hydrogen-bond acceptors (Lipinski definition) is 6. The number of ether oxygens (including phenoxy) is 2. The van der Waals surface area contributed by atoms with Gasteiger partial charge in [0.05, 0.1) is 19.8 Å². The van der Waals surface area contributed by atoms with E-state index in [9.17, 15) is 13.8 Å². The second kappa shape index (κ2) is 10.5. The summed E-state index contributed by atoms with van der Waals surface area (Å²) < 4.78 is 29.1. The van der Waals surface area contributed by atoms with Gasteiger partial charge in [-0.1, -0.05) is 17.7 Å². The Hall–Kier alpha value is -2.98. The SMILES string of the molecule is COc1ccc(CCNC(=O)c2cc(Cl)ccc2OC)cc1OS(=O)NC(N)=O. The van der Waals surface area contributed by atoms with Crippen LogP contribution >= 0.6 is 11.6 Å². The molecule has 3 amide bonds. The maximum absolute atomic E-state index is 12.4. The minimum absolute atomic E-state index is 0.153. The van der Waals surface area contributed by atoms with Crippen molar-refractivity contribution in [2.45, 2.75) is 6.42 Å². The minimum atomic E-state index is -2.17. The lowest BCUT2D eigenvalue weighted by Gasteiger charge is -2.12. The molecule has 4 N–H and O–H groups in total. The molecule has 0 fully saturated rings. The van der Waals surface area contributed by atoms with E-state index in [2.05, 4.69) is 5.32 Å². The Morgan fingerprint density at radius 3 is 2.41 bits per heavy atom. The lowest BCUT2D eigenvalue weighted by molar-refractivity contribution is 0.0951. The van der Waals surface area contributed by atoms with Gasteiger partial charge in [0.15, 0.2) is 11.5 Å². The van der Waals surface area contributed by atoms with Crippen molar-refractivity contribution < 1.29 is 27.5 Å². The van der Waals surface area contributed by atoms with E-state index in [1.807, 2.05) is 4.72 Å². The summed E-state index contributed by atoms with van der Waals surface area (Å²) in [6.45, 7) is 0.308. The molecule has 1 unspecified atom stereocenters. The van der Waals surface area contributed by atoms with Crippen molar-refractivity contribution in [3.8, 4) is 17.2 Å². The average molecular weight is 442 g/mol. The van der Waals surface area contributed by atoms with Crippen molar-refractivity contribution in [1.82, 2.24) is 10.0 Å². The van der Waals surface area contributed by atoms with Crippen molar-refractivity contribution in [1.29, 1.82) is 0 Å². The summed E-state index contributed by atoms with van der Waals surface area (Å²) in [5.41, 5.74) is 6.01. The van der Waals surface area contributed by atoms with Crippen LogP contribution in [0.4, 0.5) is 4.79 Å². The molecular weight excluding hydrogens is 422 g/mol. The molecule has 9 nitrogen and oxygen atoms in total. The van der Waals surface area contributed by atoms with Crippen LogP contribution in [-0.2, 0) is 17.7 Å². The average Bonchev–Trinajstić information content (AvgIpc) is 2.67. The molecule has 0 heterocycles. The van der Waals surface area contributed by atoms with Gasteiger partial charge >= 0.3 is 17.3 Å². The van der Waals surface area contributed by atoms with Gasteiger partial charge in [0, 0.05) is 11.6 Å². The van der Waals surface area contributed by atoms with E-state index in [0.29, 0.717) is 35.1 Å². The summed E-state index contributed by atoms with van der Waals surface area (Å²) in [5, 5.41) is 3.20. The van der Waals surface area contributed by atoms with Crippen LogP contribution in [0.1, 0.15) is 15.9 Å². The highest BCUT2D eigenvalue weighted by atomic mass is 35.5. The number of urea groups is 1. The van der Waals surface area contributed by atoms with Crippen molar-refractivity contribution in [3.63, 3.8) is 0 Å². The number of hydrogen-bond donors (Lipinski definition) is 3. The van der Waals surface area contributed by atoms with Gasteiger partial charge in [-0.3, -0.25) is 4.79 Å². The van der Waals surface area contributed by atoms with Crippen LogP contribution in [0.5, 0.6) is 17.2 Å². The number of nitrogens with one attached hydrogen (secondary N) is 2. The Morgan fingerprint density at radius 2 is 1.76 bits per heavy atom. The van der Waals surface area contributed by atoms with E-state index in [-0.39, 0.29) is 11.7 Å². The highest BCUT2D eigenvalue weighted by Gasteiger charge is 2.14. The lowest BCUT2D eigenvalue weighted by Crippen LogP contribution is -2.33. The van der Waals surface area contributed by atoms with E-state index in [1.165, 1.54) is 20.3 Å². The van der Waals surface area contributed by atoms with E-state index in [1.54, 1.807) is 30.3 Å². The fourth-order valence-corrected chi connectivity index (χ4v) is 3.07. The van der Waals surface area contributed by atoms with Gasteiger partial charge < -0.3 is 24.7 Å². The number of nitrogens with two attached hydrogens (primary N) is 1. The molecule has 156 valence electrons. The highest BCUT2D eigenvalue weighted by molar-refractivity contribution is 7.79. The Labute approximate surface area is 175 Å². The van der Waals surface area contributed by atoms with E-state index in [0.717, 1.165) is 5.56 Å². The lowest BCUT2D eigenvalue weighted by atomic mass is 10.1. The van der Waals surface area contributed by atoms with Crippen molar-refractivity contribution in [2.24, 2.45) is 5.73 Å². The Balaban J connectivity index is 2.02. The van der Waals surface area contributed by atoms with Crippen LogP contribution in [0.2, 0.25) is 5.02 Å². The molecule has 0 bridgehead atoms. The summed E-state index contributed by atoms with van der Waals surface area (Å²) in [5.74, 6) is 0.554. The van der Waals surface area contributed by atoms with Crippen LogP contribution < -0.4 is 29.4 Å². The smallest absolute Gasteiger partial charge is 0.326 e. The largest absolute Gasteiger partial charge is 0.496 e. The monoisotopic (exact) mass is 441 g/mol. The number of carbonyl (C=O) groups excluding carboxylic acids is 2. The van der Waals surface area contributed by atoms with Crippen LogP contribution in [0.15, 0.2) is 36.4 Å². The zero-order chi connectivity index (χ0) is 21.4. The van der Waals surface area contributed by atoms with Gasteiger partial charge in [-0.05, 0) is 42.3 Å². The van der Waals surface area contributed by atoms with Gasteiger partial charge in [0.25, 0.3) is 5.91 Å². The predicted octanol–water partition coefficient (Wildman–Crippen LogP) is 1.96. The van der Waals surface area contributed by atoms with Gasteiger partial charge in [-0.15, -0.1) is 0 Å². The summed E-state index contributed by atoms with van der Waals surface area (Å²) in [6.07, 6.45) is 0.449.